The van der Waals surface area contributed by atoms with Crippen LogP contribution in [0.2, 0.25) is 0 Å². The molecule has 2 amide bonds. The van der Waals surface area contributed by atoms with Crippen molar-refractivity contribution in [2.24, 2.45) is 0 Å². The van der Waals surface area contributed by atoms with Crippen LogP contribution in [0.25, 0.3) is 0 Å². The normalized spacial score (nSPS) is 18.6. The van der Waals surface area contributed by atoms with E-state index < -0.39 is 23.9 Å². The van der Waals surface area contributed by atoms with Gasteiger partial charge in [0.2, 0.25) is 0 Å². The number of nitrogens with one attached hydrogen (secondary N) is 1. The van der Waals surface area contributed by atoms with Crippen LogP contribution in [-0.2, 0) is 9.53 Å². The molecule has 0 aromatic heterocycles. The van der Waals surface area contributed by atoms with Crippen molar-refractivity contribution in [2.75, 3.05) is 14.2 Å². The average Bonchev–Trinajstić information content (AvgIpc) is 2.46. The van der Waals surface area contributed by atoms with Crippen LogP contribution >= 0.6 is 15.9 Å². The number of ether oxygens (including phenoxy) is 1. The number of amides is 2. The molecule has 21 heavy (non-hydrogen) atoms. The van der Waals surface area contributed by atoms with Crippen LogP contribution in [0.3, 0.4) is 0 Å². The third-order valence-electron chi connectivity index (χ3n) is 3.43. The number of esters is 1. The number of nitrogens with zero attached hydrogens (tertiary/aromatic N) is 1. The van der Waals surface area contributed by atoms with Gasteiger partial charge in [0.05, 0.1) is 18.7 Å². The summed E-state index contributed by atoms with van der Waals surface area (Å²) in [4.78, 5) is 25.2. The second-order valence-corrected chi connectivity index (χ2v) is 5.51. The molecule has 0 radical (unpaired) electrons. The molecule has 7 heteroatoms. The van der Waals surface area contributed by atoms with Crippen LogP contribution in [0.1, 0.15) is 18.5 Å². The van der Waals surface area contributed by atoms with Crippen molar-refractivity contribution in [3.63, 3.8) is 0 Å². The molecular formula is C14H14BrFN2O3. The summed E-state index contributed by atoms with van der Waals surface area (Å²) in [5.41, 5.74) is 0.831. The topological polar surface area (TPSA) is 58.6 Å². The van der Waals surface area contributed by atoms with Gasteiger partial charge in [-0.2, -0.15) is 0 Å². The molecule has 0 bridgehead atoms. The minimum atomic E-state index is -0.890. The Labute approximate surface area is 129 Å². The zero-order valence-electron chi connectivity index (χ0n) is 11.7. The van der Waals surface area contributed by atoms with Gasteiger partial charge in [-0.25, -0.2) is 14.0 Å². The fourth-order valence-corrected chi connectivity index (χ4v) is 2.56. The molecule has 1 aromatic rings. The number of urea groups is 1. The molecule has 0 saturated carbocycles. The lowest BCUT2D eigenvalue weighted by atomic mass is 9.94. The Morgan fingerprint density at radius 2 is 2.14 bits per heavy atom. The number of carbonyl (C=O) groups is 2. The molecule has 1 aliphatic rings. The van der Waals surface area contributed by atoms with E-state index in [2.05, 4.69) is 21.2 Å². The van der Waals surface area contributed by atoms with Crippen LogP contribution < -0.4 is 5.32 Å². The average molecular weight is 357 g/mol. The van der Waals surface area contributed by atoms with E-state index in [1.54, 1.807) is 13.0 Å². The number of allylic oxidation sites excluding steroid dienone is 1. The largest absolute Gasteiger partial charge is 0.466 e. The molecular weight excluding hydrogens is 343 g/mol. The number of hydrogen-bond donors (Lipinski definition) is 1. The first kappa shape index (κ1) is 15.5. The third-order valence-corrected chi connectivity index (χ3v) is 3.92. The zero-order chi connectivity index (χ0) is 15.7. The van der Waals surface area contributed by atoms with E-state index >= 15 is 0 Å². The molecule has 1 aromatic carbocycles. The van der Waals surface area contributed by atoms with Crippen LogP contribution in [0.15, 0.2) is 33.9 Å². The molecule has 0 fully saturated rings. The highest BCUT2D eigenvalue weighted by atomic mass is 79.9. The molecule has 0 saturated heterocycles. The summed E-state index contributed by atoms with van der Waals surface area (Å²) >= 11 is 3.26. The van der Waals surface area contributed by atoms with Crippen LogP contribution in [-0.4, -0.2) is 31.1 Å². The van der Waals surface area contributed by atoms with Gasteiger partial charge in [-0.3, -0.25) is 0 Å². The maximum Gasteiger partial charge on any atom is 0.337 e. The molecule has 1 atom stereocenters. The first-order valence-corrected chi connectivity index (χ1v) is 6.94. The lowest BCUT2D eigenvalue weighted by Crippen LogP contribution is -2.46. The van der Waals surface area contributed by atoms with Gasteiger partial charge in [0.15, 0.2) is 0 Å². The highest BCUT2D eigenvalue weighted by molar-refractivity contribution is 9.10. The Morgan fingerprint density at radius 3 is 2.76 bits per heavy atom. The Balaban J connectivity index is 2.62. The predicted octanol–water partition coefficient (Wildman–Crippen LogP) is 2.73. The smallest absolute Gasteiger partial charge is 0.337 e. The standard InChI is InChI=1S/C14H14BrFN2O3/c1-7-11(13(19)21-3)12(17-14(20)18(7)2)9-6-8(15)4-5-10(9)16/h4-6,12H,1-3H3,(H,17,20). The number of halogens is 2. The Hall–Kier alpha value is -1.89. The highest BCUT2D eigenvalue weighted by Gasteiger charge is 2.36. The maximum absolute atomic E-state index is 14.1. The fourth-order valence-electron chi connectivity index (χ4n) is 2.18. The molecule has 1 heterocycles. The van der Waals surface area contributed by atoms with Crippen molar-refractivity contribution >= 4 is 27.9 Å². The van der Waals surface area contributed by atoms with Gasteiger partial charge in [-0.15, -0.1) is 0 Å². The summed E-state index contributed by atoms with van der Waals surface area (Å²) in [5, 5.41) is 2.61. The minimum Gasteiger partial charge on any atom is -0.466 e. The second-order valence-electron chi connectivity index (χ2n) is 4.60. The minimum absolute atomic E-state index is 0.200. The van der Waals surface area contributed by atoms with Gasteiger partial charge in [-0.05, 0) is 25.1 Å². The summed E-state index contributed by atoms with van der Waals surface area (Å²) in [6.45, 7) is 1.62. The van der Waals surface area contributed by atoms with Crippen molar-refractivity contribution in [2.45, 2.75) is 13.0 Å². The summed E-state index contributed by atoms with van der Waals surface area (Å²) in [5.74, 6) is -1.12. The summed E-state index contributed by atoms with van der Waals surface area (Å²) < 4.78 is 19.5. The molecule has 0 aliphatic carbocycles. The van der Waals surface area contributed by atoms with Crippen LogP contribution in [0, 0.1) is 5.82 Å². The van der Waals surface area contributed by atoms with Crippen molar-refractivity contribution in [3.8, 4) is 0 Å². The molecule has 1 unspecified atom stereocenters. The van der Waals surface area contributed by atoms with E-state index in [-0.39, 0.29) is 11.1 Å². The Bertz CT molecular complexity index is 645. The lowest BCUT2D eigenvalue weighted by molar-refractivity contribution is -0.136. The van der Waals surface area contributed by atoms with E-state index in [0.29, 0.717) is 10.2 Å². The molecule has 112 valence electrons. The summed E-state index contributed by atoms with van der Waals surface area (Å²) in [6.07, 6.45) is 0. The van der Waals surface area contributed by atoms with E-state index in [4.69, 9.17) is 4.74 Å². The van der Waals surface area contributed by atoms with Gasteiger partial charge >= 0.3 is 12.0 Å². The van der Waals surface area contributed by atoms with Crippen molar-refractivity contribution in [3.05, 3.63) is 45.3 Å². The van der Waals surface area contributed by atoms with Crippen molar-refractivity contribution < 1.29 is 18.7 Å². The number of methoxy groups -OCH3 is 1. The van der Waals surface area contributed by atoms with E-state index in [1.807, 2.05) is 0 Å². The second kappa shape index (κ2) is 5.85. The van der Waals surface area contributed by atoms with E-state index in [1.165, 1.54) is 31.2 Å². The molecule has 0 spiro atoms. The number of carbonyl (C=O) groups excluding carboxylic acids is 2. The third kappa shape index (κ3) is 2.78. The summed E-state index contributed by atoms with van der Waals surface area (Å²) in [6, 6.07) is 3.04. The van der Waals surface area contributed by atoms with Gasteiger partial charge < -0.3 is 15.0 Å². The molecule has 1 N–H and O–H groups in total. The Morgan fingerprint density at radius 1 is 1.48 bits per heavy atom. The maximum atomic E-state index is 14.1. The zero-order valence-corrected chi connectivity index (χ0v) is 13.3. The van der Waals surface area contributed by atoms with Gasteiger partial charge in [0, 0.05) is 22.8 Å². The SMILES string of the molecule is COC(=O)C1=C(C)N(C)C(=O)NC1c1cc(Br)ccc1F. The summed E-state index contributed by atoms with van der Waals surface area (Å²) in [7, 11) is 2.77. The van der Waals surface area contributed by atoms with Gasteiger partial charge in [-0.1, -0.05) is 15.9 Å². The Kier molecular flexibility index (Phi) is 4.32. The lowest BCUT2D eigenvalue weighted by Gasteiger charge is -2.33. The molecule has 2 rings (SSSR count). The number of benzene rings is 1. The van der Waals surface area contributed by atoms with Crippen LogP contribution in [0.5, 0.6) is 0 Å². The van der Waals surface area contributed by atoms with Crippen molar-refractivity contribution in [1.29, 1.82) is 0 Å². The van der Waals surface area contributed by atoms with Crippen molar-refractivity contribution in [1.82, 2.24) is 10.2 Å². The predicted molar refractivity (Wildman–Crippen MR) is 77.9 cm³/mol. The molecule has 1 aliphatic heterocycles. The number of rotatable bonds is 2. The monoisotopic (exact) mass is 356 g/mol. The van der Waals surface area contributed by atoms with E-state index in [0.717, 1.165) is 0 Å². The first-order chi connectivity index (χ1) is 9.86. The van der Waals surface area contributed by atoms with Crippen LogP contribution in [0.4, 0.5) is 9.18 Å². The highest BCUT2D eigenvalue weighted by Crippen LogP contribution is 2.33. The quantitative estimate of drug-likeness (QED) is 0.828. The number of hydrogen-bond acceptors (Lipinski definition) is 3. The van der Waals surface area contributed by atoms with E-state index in [9.17, 15) is 14.0 Å². The fraction of sp³-hybridized carbons (Fsp3) is 0.286. The van der Waals surface area contributed by atoms with Gasteiger partial charge in [0.25, 0.3) is 0 Å². The van der Waals surface area contributed by atoms with Gasteiger partial charge in [0.1, 0.15) is 5.82 Å². The molecule has 5 nitrogen and oxygen atoms in total. The first-order valence-electron chi connectivity index (χ1n) is 6.15.